The molecule has 2 aromatic rings. The fourth-order valence-corrected chi connectivity index (χ4v) is 4.38. The number of thioether (sulfide) groups is 1. The standard InChI is InChI=1S/C24H23N3O5S/c1-14-6-4-5-7-18(14)26-19(28)13-33-23-17(12-25)20(15-8-10-16(31-2)11-9-15)21(22(29)27-23)24(30)32-3/h4-11,20-21H,13H2,1-3H3,(H,26,28)(H,27,29). The lowest BCUT2D eigenvalue weighted by atomic mass is 9.78. The Morgan fingerprint density at radius 1 is 1.15 bits per heavy atom. The molecule has 1 aliphatic heterocycles. The number of anilines is 1. The predicted molar refractivity (Wildman–Crippen MR) is 124 cm³/mol. The van der Waals surface area contributed by atoms with Gasteiger partial charge in [0.1, 0.15) is 11.7 Å². The van der Waals surface area contributed by atoms with Crippen LogP contribution in [0.2, 0.25) is 0 Å². The molecule has 2 atom stereocenters. The van der Waals surface area contributed by atoms with Crippen molar-refractivity contribution in [3.8, 4) is 11.8 Å². The third kappa shape index (κ3) is 5.35. The van der Waals surface area contributed by atoms with Gasteiger partial charge in [-0.2, -0.15) is 5.26 Å². The van der Waals surface area contributed by atoms with Gasteiger partial charge in [-0.1, -0.05) is 42.1 Å². The van der Waals surface area contributed by atoms with E-state index in [-0.39, 0.29) is 22.3 Å². The second-order valence-corrected chi connectivity index (χ2v) is 8.23. The number of nitriles is 1. The number of esters is 1. The number of rotatable bonds is 7. The van der Waals surface area contributed by atoms with Crippen LogP contribution in [0.3, 0.4) is 0 Å². The van der Waals surface area contributed by atoms with E-state index in [9.17, 15) is 19.6 Å². The molecule has 2 aromatic carbocycles. The molecule has 9 heteroatoms. The van der Waals surface area contributed by atoms with Gasteiger partial charge < -0.3 is 20.1 Å². The number of aryl methyl sites for hydroxylation is 1. The molecule has 0 saturated heterocycles. The van der Waals surface area contributed by atoms with Gasteiger partial charge in [-0.05, 0) is 36.2 Å². The minimum atomic E-state index is -1.23. The van der Waals surface area contributed by atoms with Crippen molar-refractivity contribution in [3.05, 3.63) is 70.3 Å². The van der Waals surface area contributed by atoms with E-state index in [4.69, 9.17) is 9.47 Å². The summed E-state index contributed by atoms with van der Waals surface area (Å²) in [7, 11) is 2.72. The fourth-order valence-electron chi connectivity index (χ4n) is 3.53. The van der Waals surface area contributed by atoms with Crippen LogP contribution < -0.4 is 15.4 Å². The number of methoxy groups -OCH3 is 2. The summed E-state index contributed by atoms with van der Waals surface area (Å²) in [5.74, 6) is -3.16. The minimum absolute atomic E-state index is 0.0344. The van der Waals surface area contributed by atoms with Crippen LogP contribution in [0.25, 0.3) is 0 Å². The van der Waals surface area contributed by atoms with E-state index in [1.165, 1.54) is 14.2 Å². The molecule has 170 valence electrons. The second kappa shape index (κ2) is 10.7. The average molecular weight is 466 g/mol. The van der Waals surface area contributed by atoms with Crippen molar-refractivity contribution >= 4 is 35.2 Å². The van der Waals surface area contributed by atoms with E-state index in [1.54, 1.807) is 30.3 Å². The van der Waals surface area contributed by atoms with Crippen molar-refractivity contribution in [2.75, 3.05) is 25.3 Å². The molecule has 8 nitrogen and oxygen atoms in total. The van der Waals surface area contributed by atoms with Crippen LogP contribution in [0.15, 0.2) is 59.1 Å². The predicted octanol–water partition coefficient (Wildman–Crippen LogP) is 3.11. The average Bonchev–Trinajstić information content (AvgIpc) is 2.83. The minimum Gasteiger partial charge on any atom is -0.497 e. The van der Waals surface area contributed by atoms with Crippen LogP contribution >= 0.6 is 11.8 Å². The van der Waals surface area contributed by atoms with Gasteiger partial charge in [0.25, 0.3) is 0 Å². The smallest absolute Gasteiger partial charge is 0.319 e. The Bertz CT molecular complexity index is 1140. The Hall–Kier alpha value is -3.77. The number of carbonyl (C=O) groups is 3. The van der Waals surface area contributed by atoms with E-state index < -0.39 is 23.7 Å². The Labute approximate surface area is 195 Å². The van der Waals surface area contributed by atoms with Crippen LogP contribution in [0.1, 0.15) is 17.0 Å². The molecule has 3 rings (SSSR count). The van der Waals surface area contributed by atoms with E-state index in [0.717, 1.165) is 17.3 Å². The first-order valence-corrected chi connectivity index (χ1v) is 11.0. The molecule has 2 unspecified atom stereocenters. The number of nitrogens with zero attached hydrogens (tertiary/aromatic N) is 1. The molecule has 0 fully saturated rings. The molecule has 1 aliphatic rings. The van der Waals surface area contributed by atoms with Crippen LogP contribution in [0.5, 0.6) is 5.75 Å². The van der Waals surface area contributed by atoms with Crippen LogP contribution in [0, 0.1) is 24.2 Å². The molecule has 0 bridgehead atoms. The van der Waals surface area contributed by atoms with E-state index in [1.807, 2.05) is 25.1 Å². The van der Waals surface area contributed by atoms with Crippen molar-refractivity contribution in [1.29, 1.82) is 5.26 Å². The summed E-state index contributed by atoms with van der Waals surface area (Å²) < 4.78 is 10.0. The van der Waals surface area contributed by atoms with Crippen molar-refractivity contribution in [3.63, 3.8) is 0 Å². The summed E-state index contributed by atoms with van der Waals surface area (Å²) >= 11 is 1.03. The first kappa shape index (κ1) is 23.9. The highest BCUT2D eigenvalue weighted by Crippen LogP contribution is 2.40. The second-order valence-electron chi connectivity index (χ2n) is 7.25. The number of amides is 2. The molecule has 2 N–H and O–H groups in total. The van der Waals surface area contributed by atoms with E-state index >= 15 is 0 Å². The lowest BCUT2D eigenvalue weighted by Crippen LogP contribution is -2.44. The van der Waals surface area contributed by atoms with Gasteiger partial charge >= 0.3 is 5.97 Å². The topological polar surface area (TPSA) is 118 Å². The Kier molecular flexibility index (Phi) is 7.74. The van der Waals surface area contributed by atoms with Gasteiger partial charge in [0.05, 0.1) is 36.6 Å². The zero-order valence-corrected chi connectivity index (χ0v) is 19.2. The lowest BCUT2D eigenvalue weighted by molar-refractivity contribution is -0.150. The fraction of sp³-hybridized carbons (Fsp3) is 0.250. The number of hydrogen-bond acceptors (Lipinski definition) is 7. The highest BCUT2D eigenvalue weighted by molar-refractivity contribution is 8.03. The monoisotopic (exact) mass is 465 g/mol. The Morgan fingerprint density at radius 2 is 1.85 bits per heavy atom. The van der Waals surface area contributed by atoms with E-state index in [0.29, 0.717) is 17.0 Å². The largest absolute Gasteiger partial charge is 0.497 e. The quantitative estimate of drug-likeness (QED) is 0.476. The first-order valence-electron chi connectivity index (χ1n) is 10.0. The normalized spacial score (nSPS) is 17.6. The van der Waals surface area contributed by atoms with Crippen LogP contribution in [-0.2, 0) is 19.1 Å². The summed E-state index contributed by atoms with van der Waals surface area (Å²) in [4.78, 5) is 37.8. The molecule has 33 heavy (non-hydrogen) atoms. The molecule has 0 radical (unpaired) electrons. The number of ether oxygens (including phenoxy) is 2. The van der Waals surface area contributed by atoms with Crippen LogP contribution in [-0.4, -0.2) is 37.8 Å². The van der Waals surface area contributed by atoms with Gasteiger partial charge in [-0.15, -0.1) is 0 Å². The van der Waals surface area contributed by atoms with E-state index in [2.05, 4.69) is 16.7 Å². The molecule has 1 heterocycles. The lowest BCUT2D eigenvalue weighted by Gasteiger charge is -2.31. The molecule has 0 spiro atoms. The summed E-state index contributed by atoms with van der Waals surface area (Å²) in [6.07, 6.45) is 0. The molecular formula is C24H23N3O5S. The maximum Gasteiger partial charge on any atom is 0.319 e. The molecule has 0 aromatic heterocycles. The highest BCUT2D eigenvalue weighted by atomic mass is 32.2. The summed E-state index contributed by atoms with van der Waals surface area (Å²) in [5, 5.41) is 15.6. The van der Waals surface area contributed by atoms with Gasteiger partial charge in [0.15, 0.2) is 0 Å². The number of allylic oxidation sites excluding steroid dienone is 1. The van der Waals surface area contributed by atoms with Crippen molar-refractivity contribution < 1.29 is 23.9 Å². The molecule has 2 amide bonds. The SMILES string of the molecule is COC(=O)C1C(=O)NC(SCC(=O)Nc2ccccc2C)=C(C#N)C1c1ccc(OC)cc1. The zero-order chi connectivity index (χ0) is 24.0. The molecule has 0 aliphatic carbocycles. The van der Waals surface area contributed by atoms with Crippen molar-refractivity contribution in [1.82, 2.24) is 5.32 Å². The maximum absolute atomic E-state index is 12.9. The van der Waals surface area contributed by atoms with Gasteiger partial charge in [-0.25, -0.2) is 0 Å². The number of nitrogens with one attached hydrogen (secondary N) is 2. The van der Waals surface area contributed by atoms with Gasteiger partial charge in [0.2, 0.25) is 11.8 Å². The highest BCUT2D eigenvalue weighted by Gasteiger charge is 2.44. The first-order chi connectivity index (χ1) is 15.9. The van der Waals surface area contributed by atoms with Crippen LogP contribution in [0.4, 0.5) is 5.69 Å². The van der Waals surface area contributed by atoms with Crippen molar-refractivity contribution in [2.45, 2.75) is 12.8 Å². The number of hydrogen-bond donors (Lipinski definition) is 2. The number of para-hydroxylation sites is 1. The summed E-state index contributed by atoms with van der Waals surface area (Å²) in [6, 6.07) is 16.3. The number of carbonyl (C=O) groups excluding carboxylic acids is 3. The Morgan fingerprint density at radius 3 is 2.45 bits per heavy atom. The van der Waals surface area contributed by atoms with Gasteiger partial charge in [0, 0.05) is 11.6 Å². The third-order valence-electron chi connectivity index (χ3n) is 5.23. The zero-order valence-electron chi connectivity index (χ0n) is 18.4. The van der Waals surface area contributed by atoms with Gasteiger partial charge in [-0.3, -0.25) is 14.4 Å². The molecular weight excluding hydrogens is 442 g/mol. The summed E-state index contributed by atoms with van der Waals surface area (Å²) in [6.45, 7) is 1.88. The molecule has 0 saturated carbocycles. The van der Waals surface area contributed by atoms with Crippen molar-refractivity contribution in [2.24, 2.45) is 5.92 Å². The maximum atomic E-state index is 12.9. The summed E-state index contributed by atoms with van der Waals surface area (Å²) in [5.41, 5.74) is 2.37. The Balaban J connectivity index is 1.90. The number of benzene rings is 2. The third-order valence-corrected chi connectivity index (χ3v) is 6.24.